The Bertz CT molecular complexity index is 1500. The van der Waals surface area contributed by atoms with E-state index >= 15 is 0 Å². The summed E-state index contributed by atoms with van der Waals surface area (Å²) in [6.45, 7) is 0. The van der Waals surface area contributed by atoms with Gasteiger partial charge in [-0.25, -0.2) is 27.2 Å². The van der Waals surface area contributed by atoms with Crippen molar-refractivity contribution in [2.45, 2.75) is 4.90 Å². The molecule has 3 aromatic heterocycles. The predicted octanol–water partition coefficient (Wildman–Crippen LogP) is 4.25. The van der Waals surface area contributed by atoms with Crippen LogP contribution < -0.4 is 4.72 Å². The van der Waals surface area contributed by atoms with Gasteiger partial charge in [0.1, 0.15) is 15.9 Å². The van der Waals surface area contributed by atoms with Crippen LogP contribution in [0.5, 0.6) is 0 Å². The molecule has 0 amide bonds. The number of halogens is 4. The zero-order chi connectivity index (χ0) is 22.2. The lowest BCUT2D eigenvalue weighted by molar-refractivity contribution is 0.578. The minimum absolute atomic E-state index is 0.0626. The van der Waals surface area contributed by atoms with Crippen molar-refractivity contribution in [3.8, 4) is 11.8 Å². The van der Waals surface area contributed by atoms with E-state index in [4.69, 9.17) is 11.6 Å². The van der Waals surface area contributed by atoms with Crippen molar-refractivity contribution in [2.24, 2.45) is 0 Å². The number of aromatic amines is 1. The molecule has 7 nitrogen and oxygen atoms in total. The Morgan fingerprint density at radius 3 is 2.68 bits per heavy atom. The SMILES string of the molecule is O=S(=O)(Nc1ccc(F)c(C#Cc2cnc3[nH]ncc3c2)c1F)c1cnc(Cl)c(Br)c1. The highest BCUT2D eigenvalue weighted by molar-refractivity contribution is 9.10. The van der Waals surface area contributed by atoms with Gasteiger partial charge in [-0.3, -0.25) is 9.82 Å². The normalized spacial score (nSPS) is 11.2. The van der Waals surface area contributed by atoms with E-state index in [-0.39, 0.29) is 14.5 Å². The van der Waals surface area contributed by atoms with Crippen LogP contribution in [0.1, 0.15) is 11.1 Å². The molecule has 31 heavy (non-hydrogen) atoms. The number of benzene rings is 1. The summed E-state index contributed by atoms with van der Waals surface area (Å²) >= 11 is 8.84. The molecule has 0 atom stereocenters. The fraction of sp³-hybridized carbons (Fsp3) is 0. The Hall–Kier alpha value is -3.07. The minimum atomic E-state index is -4.22. The van der Waals surface area contributed by atoms with Gasteiger partial charge in [-0.15, -0.1) is 0 Å². The number of anilines is 1. The molecule has 1 aromatic carbocycles. The highest BCUT2D eigenvalue weighted by atomic mass is 79.9. The highest BCUT2D eigenvalue weighted by Crippen LogP contribution is 2.26. The molecule has 3 heterocycles. The first-order valence-corrected chi connectivity index (χ1v) is 11.0. The smallest absolute Gasteiger partial charge is 0.263 e. The van der Waals surface area contributed by atoms with E-state index in [0.717, 1.165) is 18.3 Å². The zero-order valence-electron chi connectivity index (χ0n) is 15.1. The molecule has 0 fully saturated rings. The predicted molar refractivity (Wildman–Crippen MR) is 114 cm³/mol. The first-order chi connectivity index (χ1) is 14.7. The first-order valence-electron chi connectivity index (χ1n) is 8.37. The Balaban J connectivity index is 1.68. The summed E-state index contributed by atoms with van der Waals surface area (Å²) < 4.78 is 56.5. The summed E-state index contributed by atoms with van der Waals surface area (Å²) in [7, 11) is -4.22. The first kappa shape index (κ1) is 21.2. The lowest BCUT2D eigenvalue weighted by atomic mass is 10.1. The third-order valence-corrected chi connectivity index (χ3v) is 6.51. The molecule has 0 aliphatic carbocycles. The lowest BCUT2D eigenvalue weighted by Gasteiger charge is -2.10. The number of H-pyrrole nitrogens is 1. The van der Waals surface area contributed by atoms with Crippen molar-refractivity contribution < 1.29 is 17.2 Å². The molecule has 12 heteroatoms. The molecule has 4 rings (SSSR count). The van der Waals surface area contributed by atoms with Crippen LogP contribution in [0.3, 0.4) is 0 Å². The molecule has 4 aromatic rings. The molecule has 0 aliphatic heterocycles. The third-order valence-electron chi connectivity index (χ3n) is 4.04. The Morgan fingerprint density at radius 2 is 1.90 bits per heavy atom. The second kappa shape index (κ2) is 8.22. The highest BCUT2D eigenvalue weighted by Gasteiger charge is 2.20. The van der Waals surface area contributed by atoms with Gasteiger partial charge in [0.05, 0.1) is 21.9 Å². The van der Waals surface area contributed by atoms with Crippen LogP contribution in [0.2, 0.25) is 5.15 Å². The number of hydrogen-bond acceptors (Lipinski definition) is 5. The standard InChI is InChI=1S/C19H9BrClF2N5O2S/c20-14-6-12(9-24-18(14)21)31(29,30)28-16-4-3-15(22)13(17(16)23)2-1-10-5-11-8-26-27-19(11)25-7-10/h3-9,28H,(H,25,26,27). The van der Waals surface area contributed by atoms with Gasteiger partial charge in [0.2, 0.25) is 0 Å². The summed E-state index contributed by atoms with van der Waals surface area (Å²) in [5.74, 6) is 2.91. The second-order valence-electron chi connectivity index (χ2n) is 6.11. The van der Waals surface area contributed by atoms with E-state index in [2.05, 4.69) is 52.7 Å². The van der Waals surface area contributed by atoms with Gasteiger partial charge >= 0.3 is 0 Å². The second-order valence-corrected chi connectivity index (χ2v) is 9.01. The summed E-state index contributed by atoms with van der Waals surface area (Å²) in [5.41, 5.74) is -0.124. The van der Waals surface area contributed by atoms with E-state index in [1.54, 1.807) is 6.07 Å². The molecule has 0 unspecified atom stereocenters. The third kappa shape index (κ3) is 4.36. The van der Waals surface area contributed by atoms with Crippen molar-refractivity contribution in [1.29, 1.82) is 0 Å². The van der Waals surface area contributed by atoms with Gasteiger partial charge in [0.25, 0.3) is 10.0 Å². The van der Waals surface area contributed by atoms with Crippen LogP contribution >= 0.6 is 27.5 Å². The number of hydrogen-bond donors (Lipinski definition) is 2. The molecular formula is C19H9BrClF2N5O2S. The van der Waals surface area contributed by atoms with Crippen LogP contribution in [0.4, 0.5) is 14.5 Å². The largest absolute Gasteiger partial charge is 0.277 e. The molecule has 0 aliphatic rings. The van der Waals surface area contributed by atoms with E-state index in [0.29, 0.717) is 16.6 Å². The fourth-order valence-corrected chi connectivity index (χ4v) is 4.17. The average molecular weight is 525 g/mol. The number of fused-ring (bicyclic) bond motifs is 1. The molecule has 0 bridgehead atoms. The number of rotatable bonds is 3. The van der Waals surface area contributed by atoms with E-state index in [1.807, 2.05) is 0 Å². The van der Waals surface area contributed by atoms with E-state index < -0.39 is 32.9 Å². The number of sulfonamides is 1. The molecule has 0 spiro atoms. The van der Waals surface area contributed by atoms with Crippen molar-refractivity contribution in [2.75, 3.05) is 4.72 Å². The monoisotopic (exact) mass is 523 g/mol. The van der Waals surface area contributed by atoms with E-state index in [1.165, 1.54) is 18.5 Å². The van der Waals surface area contributed by atoms with Crippen LogP contribution in [0, 0.1) is 23.5 Å². The van der Waals surface area contributed by atoms with Crippen LogP contribution in [0.15, 0.2) is 52.2 Å². The average Bonchev–Trinajstić information content (AvgIpc) is 3.20. The van der Waals surface area contributed by atoms with Crippen LogP contribution in [-0.4, -0.2) is 28.6 Å². The number of nitrogens with zero attached hydrogens (tertiary/aromatic N) is 3. The maximum absolute atomic E-state index is 14.9. The lowest BCUT2D eigenvalue weighted by Crippen LogP contribution is -2.15. The minimum Gasteiger partial charge on any atom is -0.277 e. The van der Waals surface area contributed by atoms with Crippen molar-refractivity contribution in [3.63, 3.8) is 0 Å². The van der Waals surface area contributed by atoms with E-state index in [9.17, 15) is 17.2 Å². The number of pyridine rings is 2. The van der Waals surface area contributed by atoms with Crippen LogP contribution in [0.25, 0.3) is 11.0 Å². The van der Waals surface area contributed by atoms with Gasteiger partial charge in [-0.05, 0) is 40.2 Å². The zero-order valence-corrected chi connectivity index (χ0v) is 18.3. The Labute approximate surface area is 188 Å². The van der Waals surface area contributed by atoms with Gasteiger partial charge in [-0.2, -0.15) is 5.10 Å². The summed E-state index contributed by atoms with van der Waals surface area (Å²) in [4.78, 5) is 7.56. The fourth-order valence-electron chi connectivity index (χ4n) is 2.54. The molecule has 0 saturated carbocycles. The van der Waals surface area contributed by atoms with Crippen molar-refractivity contribution in [3.05, 3.63) is 75.2 Å². The topological polar surface area (TPSA) is 101 Å². The number of nitrogens with one attached hydrogen (secondary N) is 2. The summed E-state index contributed by atoms with van der Waals surface area (Å²) in [5, 5.41) is 7.25. The molecule has 0 saturated heterocycles. The Kier molecular flexibility index (Phi) is 5.62. The maximum Gasteiger partial charge on any atom is 0.263 e. The quantitative estimate of drug-likeness (QED) is 0.308. The molecular weight excluding hydrogens is 516 g/mol. The molecule has 0 radical (unpaired) electrons. The van der Waals surface area contributed by atoms with Gasteiger partial charge in [0, 0.05) is 23.3 Å². The number of aromatic nitrogens is 4. The molecule has 156 valence electrons. The Morgan fingerprint density at radius 1 is 1.10 bits per heavy atom. The molecule has 2 N–H and O–H groups in total. The van der Waals surface area contributed by atoms with Gasteiger partial charge < -0.3 is 0 Å². The van der Waals surface area contributed by atoms with Crippen molar-refractivity contribution in [1.82, 2.24) is 20.2 Å². The summed E-state index contributed by atoms with van der Waals surface area (Å²) in [6.07, 6.45) is 3.96. The van der Waals surface area contributed by atoms with Gasteiger partial charge in [0.15, 0.2) is 11.5 Å². The van der Waals surface area contributed by atoms with Crippen LogP contribution in [-0.2, 0) is 10.0 Å². The van der Waals surface area contributed by atoms with Crippen molar-refractivity contribution >= 4 is 54.3 Å². The van der Waals surface area contributed by atoms with Gasteiger partial charge in [-0.1, -0.05) is 23.4 Å². The summed E-state index contributed by atoms with van der Waals surface area (Å²) in [6, 6.07) is 4.73. The maximum atomic E-state index is 14.9.